The molecule has 0 bridgehead atoms. The van der Waals surface area contributed by atoms with E-state index >= 15 is 0 Å². The van der Waals surface area contributed by atoms with Crippen molar-refractivity contribution in [3.8, 4) is 0 Å². The summed E-state index contributed by atoms with van der Waals surface area (Å²) in [6.45, 7) is 8.25. The summed E-state index contributed by atoms with van der Waals surface area (Å²) in [5.74, 6) is 1.33. The van der Waals surface area contributed by atoms with E-state index in [1.54, 1.807) is 12.1 Å². The number of amidine groups is 1. The van der Waals surface area contributed by atoms with Crippen molar-refractivity contribution in [2.45, 2.75) is 71.2 Å². The molecule has 2 aliphatic rings. The van der Waals surface area contributed by atoms with Gasteiger partial charge >= 0.3 is 0 Å². The van der Waals surface area contributed by atoms with Gasteiger partial charge in [0, 0.05) is 12.1 Å². The zero-order chi connectivity index (χ0) is 26.0. The molecule has 9 heteroatoms. The first-order valence-corrected chi connectivity index (χ1v) is 14.9. The summed E-state index contributed by atoms with van der Waals surface area (Å²) in [6.07, 6.45) is 5.77. The average molecular weight is 531 g/mol. The van der Waals surface area contributed by atoms with Crippen molar-refractivity contribution in [2.24, 2.45) is 28.7 Å². The lowest BCUT2D eigenvalue weighted by Gasteiger charge is -2.32. The highest BCUT2D eigenvalue weighted by atomic mass is 35.5. The Bertz CT molecular complexity index is 1260. The lowest BCUT2D eigenvalue weighted by atomic mass is 9.75. The number of Topliss-reactive ketones (excluding diaryl/α,β-unsaturated/α-hetero) is 1. The maximum absolute atomic E-state index is 13.6. The van der Waals surface area contributed by atoms with Gasteiger partial charge in [-0.3, -0.25) is 14.8 Å². The fourth-order valence-electron chi connectivity index (χ4n) is 5.04. The van der Waals surface area contributed by atoms with Crippen molar-refractivity contribution in [3.63, 3.8) is 0 Å². The summed E-state index contributed by atoms with van der Waals surface area (Å²) in [6, 6.07) is 5.20. The molecule has 1 N–H and O–H groups in total. The van der Waals surface area contributed by atoms with Gasteiger partial charge in [-0.15, -0.1) is 0 Å². The van der Waals surface area contributed by atoms with Crippen molar-refractivity contribution in [3.05, 3.63) is 46.5 Å². The lowest BCUT2D eigenvalue weighted by Crippen LogP contribution is -2.39. The Morgan fingerprint density at radius 3 is 2.61 bits per heavy atom. The number of nitrogens with one attached hydrogen (secondary N) is 1. The van der Waals surface area contributed by atoms with Gasteiger partial charge in [-0.1, -0.05) is 39.3 Å². The van der Waals surface area contributed by atoms with Gasteiger partial charge in [-0.2, -0.15) is 0 Å². The van der Waals surface area contributed by atoms with E-state index in [1.165, 1.54) is 19.0 Å². The summed E-state index contributed by atoms with van der Waals surface area (Å²) in [5, 5.41) is 3.77. The molecule has 1 aliphatic carbocycles. The highest BCUT2D eigenvalue weighted by Gasteiger charge is 2.40. The molecule has 194 valence electrons. The SMILES string of the molecule is CCCS(=O)(=O)c1ccc(CN=C2Nc3cc(CC)c(Cl)nc3CC(C(C)C3CC3)C(C)C2=O)nc1. The largest absolute Gasteiger partial charge is 0.336 e. The minimum atomic E-state index is -3.33. The molecule has 36 heavy (non-hydrogen) atoms. The van der Waals surface area contributed by atoms with Gasteiger partial charge in [-0.25, -0.2) is 13.4 Å². The number of halogens is 1. The van der Waals surface area contributed by atoms with Crippen LogP contribution in [0.3, 0.4) is 0 Å². The number of ketones is 1. The van der Waals surface area contributed by atoms with Gasteiger partial charge < -0.3 is 5.32 Å². The zero-order valence-corrected chi connectivity index (χ0v) is 23.0. The Balaban J connectivity index is 1.66. The van der Waals surface area contributed by atoms with Gasteiger partial charge in [0.15, 0.2) is 15.7 Å². The van der Waals surface area contributed by atoms with Crippen LogP contribution in [0.4, 0.5) is 5.69 Å². The minimum Gasteiger partial charge on any atom is -0.336 e. The van der Waals surface area contributed by atoms with Gasteiger partial charge in [0.2, 0.25) is 5.78 Å². The third kappa shape index (κ3) is 5.80. The fourth-order valence-corrected chi connectivity index (χ4v) is 6.60. The van der Waals surface area contributed by atoms with Crippen LogP contribution < -0.4 is 5.32 Å². The number of hydrogen-bond acceptors (Lipinski definition) is 6. The van der Waals surface area contributed by atoms with Crippen LogP contribution in [-0.2, 0) is 34.0 Å². The molecule has 2 aromatic rings. The normalized spacial score (nSPS) is 22.5. The van der Waals surface area contributed by atoms with Crippen LogP contribution in [0.25, 0.3) is 0 Å². The van der Waals surface area contributed by atoms with Crippen LogP contribution >= 0.6 is 11.6 Å². The Morgan fingerprint density at radius 2 is 2.00 bits per heavy atom. The number of aliphatic imine (C=N–C) groups is 1. The van der Waals surface area contributed by atoms with E-state index in [9.17, 15) is 13.2 Å². The first kappa shape index (κ1) is 26.7. The Labute approximate surface area is 219 Å². The highest BCUT2D eigenvalue weighted by molar-refractivity contribution is 7.91. The van der Waals surface area contributed by atoms with E-state index in [2.05, 4.69) is 22.2 Å². The maximum Gasteiger partial charge on any atom is 0.200 e. The zero-order valence-electron chi connectivity index (χ0n) is 21.4. The van der Waals surface area contributed by atoms with Gasteiger partial charge in [0.25, 0.3) is 0 Å². The topological polar surface area (TPSA) is 101 Å². The number of sulfone groups is 1. The fraction of sp³-hybridized carbons (Fsp3) is 0.556. The molecule has 0 radical (unpaired) electrons. The van der Waals surface area contributed by atoms with Gasteiger partial charge in [0.05, 0.1) is 34.3 Å². The molecule has 1 fully saturated rings. The second-order valence-corrected chi connectivity index (χ2v) is 12.6. The van der Waals surface area contributed by atoms with Crippen molar-refractivity contribution in [1.29, 1.82) is 0 Å². The van der Waals surface area contributed by atoms with Crippen LogP contribution in [0.15, 0.2) is 34.3 Å². The van der Waals surface area contributed by atoms with E-state index in [0.29, 0.717) is 35.5 Å². The number of hydrogen-bond donors (Lipinski definition) is 1. The molecule has 2 aromatic heterocycles. The van der Waals surface area contributed by atoms with Crippen molar-refractivity contribution >= 4 is 38.7 Å². The Kier molecular flexibility index (Phi) is 8.15. The number of aryl methyl sites for hydroxylation is 1. The summed E-state index contributed by atoms with van der Waals surface area (Å²) in [5.41, 5.74) is 3.15. The molecule has 0 aromatic carbocycles. The van der Waals surface area contributed by atoms with Crippen LogP contribution in [0.5, 0.6) is 0 Å². The number of nitrogens with zero attached hydrogens (tertiary/aromatic N) is 3. The molecular formula is C27H35ClN4O3S. The van der Waals surface area contributed by atoms with Crippen LogP contribution in [0.1, 0.15) is 63.9 Å². The van der Waals surface area contributed by atoms with Crippen LogP contribution in [0, 0.1) is 23.7 Å². The standard InChI is InChI=1S/C27H35ClN4O3S/c1-5-11-36(34,35)21-10-9-20(29-15-21)14-30-27-25(33)17(4)22(16(3)19-7-8-19)13-24-23(32-27)12-18(6-2)26(28)31-24/h9-10,12,15-17,19,22H,5-8,11,13-14H2,1-4H3,(H,30,32). The van der Waals surface area contributed by atoms with E-state index in [1.807, 2.05) is 26.8 Å². The Hall–Kier alpha value is -2.32. The second kappa shape index (κ2) is 11.0. The number of aromatic nitrogens is 2. The van der Waals surface area contributed by atoms with Crippen molar-refractivity contribution in [2.75, 3.05) is 11.1 Å². The molecule has 4 rings (SSSR count). The molecule has 1 saturated carbocycles. The quantitative estimate of drug-likeness (QED) is 0.464. The van der Waals surface area contributed by atoms with E-state index < -0.39 is 9.84 Å². The van der Waals surface area contributed by atoms with Crippen molar-refractivity contribution < 1.29 is 13.2 Å². The van der Waals surface area contributed by atoms with Gasteiger partial charge in [0.1, 0.15) is 5.15 Å². The first-order valence-electron chi connectivity index (χ1n) is 12.9. The molecule has 7 nitrogen and oxygen atoms in total. The number of pyridine rings is 2. The van der Waals surface area contributed by atoms with Crippen LogP contribution in [-0.4, -0.2) is 35.8 Å². The number of rotatable bonds is 8. The lowest BCUT2D eigenvalue weighted by molar-refractivity contribution is -0.118. The molecule has 1 aliphatic heterocycles. The second-order valence-electron chi connectivity index (χ2n) is 10.1. The monoisotopic (exact) mass is 530 g/mol. The molecule has 0 spiro atoms. The van der Waals surface area contributed by atoms with E-state index in [4.69, 9.17) is 16.6 Å². The summed E-state index contributed by atoms with van der Waals surface area (Å²) in [4.78, 5) is 27.5. The molecule has 3 atom stereocenters. The molecule has 3 unspecified atom stereocenters. The first-order chi connectivity index (χ1) is 17.1. The summed E-state index contributed by atoms with van der Waals surface area (Å²) >= 11 is 6.48. The summed E-state index contributed by atoms with van der Waals surface area (Å²) < 4.78 is 24.6. The number of anilines is 1. The summed E-state index contributed by atoms with van der Waals surface area (Å²) in [7, 11) is -3.33. The number of fused-ring (bicyclic) bond motifs is 1. The number of carbonyl (C=O) groups excluding carboxylic acids is 1. The van der Waals surface area contributed by atoms with Crippen LogP contribution in [0.2, 0.25) is 5.15 Å². The minimum absolute atomic E-state index is 0.0201. The third-order valence-electron chi connectivity index (χ3n) is 7.55. The van der Waals surface area contributed by atoms with Crippen molar-refractivity contribution in [1.82, 2.24) is 9.97 Å². The molecule has 3 heterocycles. The van der Waals surface area contributed by atoms with E-state index in [-0.39, 0.29) is 40.6 Å². The molecular weight excluding hydrogens is 496 g/mol. The number of carbonyl (C=O) groups is 1. The highest BCUT2D eigenvalue weighted by Crippen LogP contribution is 2.44. The molecule has 0 amide bonds. The predicted octanol–water partition coefficient (Wildman–Crippen LogP) is 5.31. The maximum atomic E-state index is 13.6. The smallest absolute Gasteiger partial charge is 0.200 e. The Morgan fingerprint density at radius 1 is 1.25 bits per heavy atom. The third-order valence-corrected chi connectivity index (χ3v) is 9.78. The molecule has 0 saturated heterocycles. The average Bonchev–Trinajstić information content (AvgIpc) is 3.70. The van der Waals surface area contributed by atoms with Gasteiger partial charge in [-0.05, 0) is 73.6 Å². The van der Waals surface area contributed by atoms with E-state index in [0.717, 1.165) is 23.4 Å². The predicted molar refractivity (Wildman–Crippen MR) is 143 cm³/mol.